The number of nitrogens with one attached hydrogen (secondary N) is 1. The molecule has 1 N–H and O–H groups in total. The minimum Gasteiger partial charge on any atom is -0.357 e. The molecule has 0 spiro atoms. The molecular weight excluding hydrogens is 345 g/mol. The van der Waals surface area contributed by atoms with Crippen LogP contribution in [-0.2, 0) is 0 Å². The van der Waals surface area contributed by atoms with Gasteiger partial charge in [0.25, 0.3) is 5.91 Å². The summed E-state index contributed by atoms with van der Waals surface area (Å²) in [6, 6.07) is 10.9. The molecule has 1 aromatic carbocycles. The number of piperidine rings is 1. The highest BCUT2D eigenvalue weighted by Crippen LogP contribution is 2.23. The molecule has 1 aromatic heterocycles. The molecule has 0 radical (unpaired) electrons. The van der Waals surface area contributed by atoms with Gasteiger partial charge in [0.2, 0.25) is 0 Å². The average molecular weight is 364 g/mol. The molecule has 24 heavy (non-hydrogen) atoms. The minimum absolute atomic E-state index is 0.110. The van der Waals surface area contributed by atoms with E-state index in [0.29, 0.717) is 28.1 Å². The Bertz CT molecular complexity index is 701. The summed E-state index contributed by atoms with van der Waals surface area (Å²) in [5, 5.41) is 3.85. The molecule has 0 saturated carbocycles. The lowest BCUT2D eigenvalue weighted by atomic mass is 9.96. The van der Waals surface area contributed by atoms with Crippen molar-refractivity contribution in [2.75, 3.05) is 24.5 Å². The van der Waals surface area contributed by atoms with E-state index in [1.807, 2.05) is 24.4 Å². The van der Waals surface area contributed by atoms with E-state index in [9.17, 15) is 4.79 Å². The van der Waals surface area contributed by atoms with Crippen LogP contribution in [0.1, 0.15) is 23.2 Å². The van der Waals surface area contributed by atoms with E-state index in [1.165, 1.54) is 0 Å². The number of aromatic nitrogens is 1. The Labute approximate surface area is 151 Å². The van der Waals surface area contributed by atoms with E-state index < -0.39 is 0 Å². The zero-order chi connectivity index (χ0) is 16.9. The van der Waals surface area contributed by atoms with Crippen molar-refractivity contribution in [3.8, 4) is 0 Å². The van der Waals surface area contributed by atoms with Gasteiger partial charge in [-0.05, 0) is 49.1 Å². The summed E-state index contributed by atoms with van der Waals surface area (Å²) in [5.74, 6) is 1.40. The molecule has 126 valence electrons. The van der Waals surface area contributed by atoms with Gasteiger partial charge >= 0.3 is 0 Å². The average Bonchev–Trinajstić information content (AvgIpc) is 2.63. The molecule has 1 aliphatic rings. The van der Waals surface area contributed by atoms with Crippen LogP contribution in [0.4, 0.5) is 5.82 Å². The molecule has 1 amide bonds. The lowest BCUT2D eigenvalue weighted by molar-refractivity contribution is 0.0945. The van der Waals surface area contributed by atoms with Gasteiger partial charge in [0.1, 0.15) is 5.82 Å². The summed E-state index contributed by atoms with van der Waals surface area (Å²) in [4.78, 5) is 18.9. The Morgan fingerprint density at radius 1 is 1.17 bits per heavy atom. The van der Waals surface area contributed by atoms with Crippen LogP contribution < -0.4 is 10.2 Å². The molecule has 1 saturated heterocycles. The quantitative estimate of drug-likeness (QED) is 0.891. The Morgan fingerprint density at radius 2 is 1.96 bits per heavy atom. The molecule has 2 heterocycles. The highest BCUT2D eigenvalue weighted by Gasteiger charge is 2.20. The van der Waals surface area contributed by atoms with Crippen LogP contribution in [0.25, 0.3) is 0 Å². The number of rotatable bonds is 4. The van der Waals surface area contributed by atoms with Crippen molar-refractivity contribution in [2.24, 2.45) is 5.92 Å². The molecule has 3 rings (SSSR count). The zero-order valence-electron chi connectivity index (χ0n) is 13.2. The molecule has 2 aromatic rings. The summed E-state index contributed by atoms with van der Waals surface area (Å²) in [6.07, 6.45) is 3.90. The molecule has 6 heteroatoms. The number of hydrogen-bond acceptors (Lipinski definition) is 3. The van der Waals surface area contributed by atoms with Crippen LogP contribution in [-0.4, -0.2) is 30.5 Å². The monoisotopic (exact) mass is 363 g/mol. The first kappa shape index (κ1) is 17.1. The Kier molecular flexibility index (Phi) is 5.59. The number of nitrogens with zero attached hydrogens (tertiary/aromatic N) is 2. The molecule has 1 fully saturated rings. The van der Waals surface area contributed by atoms with Crippen molar-refractivity contribution in [1.82, 2.24) is 10.3 Å². The maximum absolute atomic E-state index is 12.2. The highest BCUT2D eigenvalue weighted by molar-refractivity contribution is 6.42. The molecule has 0 atom stereocenters. The Balaban J connectivity index is 1.48. The van der Waals surface area contributed by atoms with E-state index in [1.54, 1.807) is 18.2 Å². The van der Waals surface area contributed by atoms with Crippen LogP contribution >= 0.6 is 23.2 Å². The Hall–Kier alpha value is -1.78. The fourth-order valence-corrected chi connectivity index (χ4v) is 3.18. The highest BCUT2D eigenvalue weighted by atomic mass is 35.5. The van der Waals surface area contributed by atoms with Gasteiger partial charge in [-0.1, -0.05) is 29.3 Å². The summed E-state index contributed by atoms with van der Waals surface area (Å²) in [5.41, 5.74) is 0.537. The van der Waals surface area contributed by atoms with Crippen LogP contribution in [0.3, 0.4) is 0 Å². The predicted molar refractivity (Wildman–Crippen MR) is 98.0 cm³/mol. The largest absolute Gasteiger partial charge is 0.357 e. The maximum Gasteiger partial charge on any atom is 0.251 e. The number of anilines is 1. The van der Waals surface area contributed by atoms with E-state index in [4.69, 9.17) is 23.2 Å². The number of carbonyl (C=O) groups excluding carboxylic acids is 1. The van der Waals surface area contributed by atoms with Crippen LogP contribution in [0.5, 0.6) is 0 Å². The molecule has 0 aliphatic carbocycles. The van der Waals surface area contributed by atoms with E-state index in [-0.39, 0.29) is 5.91 Å². The van der Waals surface area contributed by atoms with Crippen molar-refractivity contribution in [1.29, 1.82) is 0 Å². The van der Waals surface area contributed by atoms with Gasteiger partial charge in [0, 0.05) is 31.4 Å². The summed E-state index contributed by atoms with van der Waals surface area (Å²) < 4.78 is 0. The van der Waals surface area contributed by atoms with Gasteiger partial charge in [-0.3, -0.25) is 4.79 Å². The third-order valence-corrected chi connectivity index (χ3v) is 5.06. The van der Waals surface area contributed by atoms with E-state index >= 15 is 0 Å². The summed E-state index contributed by atoms with van der Waals surface area (Å²) >= 11 is 11.8. The third-order valence-electron chi connectivity index (χ3n) is 4.32. The number of benzene rings is 1. The van der Waals surface area contributed by atoms with Gasteiger partial charge in [-0.15, -0.1) is 0 Å². The van der Waals surface area contributed by atoms with E-state index in [0.717, 1.165) is 31.7 Å². The van der Waals surface area contributed by atoms with Gasteiger partial charge in [0.15, 0.2) is 0 Å². The van der Waals surface area contributed by atoms with Crippen molar-refractivity contribution >= 4 is 34.9 Å². The Morgan fingerprint density at radius 3 is 2.62 bits per heavy atom. The lowest BCUT2D eigenvalue weighted by Gasteiger charge is -2.32. The topological polar surface area (TPSA) is 45.2 Å². The van der Waals surface area contributed by atoms with Crippen LogP contribution in [0.15, 0.2) is 42.6 Å². The normalized spacial score (nSPS) is 15.3. The second kappa shape index (κ2) is 7.86. The van der Waals surface area contributed by atoms with Crippen molar-refractivity contribution in [2.45, 2.75) is 12.8 Å². The predicted octanol–water partition coefficient (Wildman–Crippen LogP) is 4.03. The molecule has 0 unspecified atom stereocenters. The first-order valence-electron chi connectivity index (χ1n) is 8.02. The SMILES string of the molecule is O=C(NCC1CCN(c2ccccn2)CC1)c1ccc(Cl)c(Cl)c1. The maximum atomic E-state index is 12.2. The fraction of sp³-hybridized carbons (Fsp3) is 0.333. The molecule has 1 aliphatic heterocycles. The second-order valence-electron chi connectivity index (χ2n) is 5.96. The number of amides is 1. The van der Waals surface area contributed by atoms with Crippen molar-refractivity contribution < 1.29 is 4.79 Å². The molecule has 4 nitrogen and oxygen atoms in total. The fourth-order valence-electron chi connectivity index (χ4n) is 2.88. The van der Waals surface area contributed by atoms with Gasteiger partial charge in [-0.25, -0.2) is 4.98 Å². The minimum atomic E-state index is -0.110. The second-order valence-corrected chi connectivity index (χ2v) is 6.77. The van der Waals surface area contributed by atoms with Crippen LogP contribution in [0, 0.1) is 5.92 Å². The van der Waals surface area contributed by atoms with Gasteiger partial charge < -0.3 is 10.2 Å². The molecular formula is C18H19Cl2N3O. The number of carbonyl (C=O) groups is 1. The zero-order valence-corrected chi connectivity index (χ0v) is 14.7. The van der Waals surface area contributed by atoms with Gasteiger partial charge in [-0.2, -0.15) is 0 Å². The third kappa shape index (κ3) is 4.19. The van der Waals surface area contributed by atoms with Crippen LogP contribution in [0.2, 0.25) is 10.0 Å². The smallest absolute Gasteiger partial charge is 0.251 e. The number of halogens is 2. The van der Waals surface area contributed by atoms with Crippen molar-refractivity contribution in [3.05, 3.63) is 58.2 Å². The first-order chi connectivity index (χ1) is 11.6. The lowest BCUT2D eigenvalue weighted by Crippen LogP contribution is -2.39. The summed E-state index contributed by atoms with van der Waals surface area (Å²) in [7, 11) is 0. The molecule has 0 bridgehead atoms. The first-order valence-corrected chi connectivity index (χ1v) is 8.78. The van der Waals surface area contributed by atoms with Crippen molar-refractivity contribution in [3.63, 3.8) is 0 Å². The standard InChI is InChI=1S/C18H19Cl2N3O/c19-15-5-4-14(11-16(15)20)18(24)22-12-13-6-9-23(10-7-13)17-3-1-2-8-21-17/h1-5,8,11,13H,6-7,9-10,12H2,(H,22,24). The van der Waals surface area contributed by atoms with E-state index in [2.05, 4.69) is 15.2 Å². The number of hydrogen-bond donors (Lipinski definition) is 1. The summed E-state index contributed by atoms with van der Waals surface area (Å²) in [6.45, 7) is 2.60. The van der Waals surface area contributed by atoms with Gasteiger partial charge in [0.05, 0.1) is 10.0 Å². The number of pyridine rings is 1.